The van der Waals surface area contributed by atoms with Crippen molar-refractivity contribution in [3.63, 3.8) is 0 Å². The van der Waals surface area contributed by atoms with Gasteiger partial charge in [0, 0.05) is 11.8 Å². The lowest BCUT2D eigenvalue weighted by Crippen LogP contribution is -2.47. The van der Waals surface area contributed by atoms with Crippen LogP contribution in [0.1, 0.15) is 82.4 Å². The predicted octanol–water partition coefficient (Wildman–Crippen LogP) is 7.41. The van der Waals surface area contributed by atoms with Crippen molar-refractivity contribution in [2.24, 2.45) is 21.6 Å². The Kier molecular flexibility index (Phi) is 9.81. The van der Waals surface area contributed by atoms with Crippen LogP contribution in [0.25, 0.3) is 16.8 Å². The van der Waals surface area contributed by atoms with Crippen molar-refractivity contribution in [1.82, 2.24) is 29.4 Å². The third-order valence-electron chi connectivity index (χ3n) is 9.41. The lowest BCUT2D eigenvalue weighted by Gasteiger charge is -2.35. The molecule has 2 atom stereocenters. The number of amides is 1. The summed E-state index contributed by atoms with van der Waals surface area (Å²) in [6, 6.07) is 7.95. The minimum absolute atomic E-state index is 0.0173. The standard InChI is InChI=1S/C35H34F8N8O3/c1-32(2,3)17-34(22-7-4-19(5-8-22)21-14-46-49(15-21)30(39)40)29(53)50(31(44)48-34)25(16-54-26(52)13-33(10-11-33)35(41,42)43)20-6-9-23(36)24(12-20)51-28(27(37)38)45-18-47-51/h4-9,12,14-15,18,25,27,30H,10-11,13,16-17H2,1-3H3,(H2,44,48)/t25-,34-/m1/s1. The van der Waals surface area contributed by atoms with Crippen molar-refractivity contribution in [3.05, 3.63) is 84.0 Å². The molecular formula is C35H34F8N8O3. The van der Waals surface area contributed by atoms with Gasteiger partial charge in [-0.05, 0) is 53.5 Å². The smallest absolute Gasteiger partial charge is 0.395 e. The van der Waals surface area contributed by atoms with Gasteiger partial charge in [0.25, 0.3) is 12.3 Å². The van der Waals surface area contributed by atoms with E-state index in [1.165, 1.54) is 12.3 Å². The maximum absolute atomic E-state index is 15.2. The number of guanidine groups is 1. The Morgan fingerprint density at radius 1 is 1.00 bits per heavy atom. The predicted molar refractivity (Wildman–Crippen MR) is 175 cm³/mol. The first-order chi connectivity index (χ1) is 25.2. The van der Waals surface area contributed by atoms with Crippen LogP contribution in [-0.2, 0) is 19.9 Å². The summed E-state index contributed by atoms with van der Waals surface area (Å²) in [7, 11) is 0. The molecule has 1 aliphatic carbocycles. The first-order valence-corrected chi connectivity index (χ1v) is 16.6. The van der Waals surface area contributed by atoms with Gasteiger partial charge in [-0.3, -0.25) is 14.5 Å². The summed E-state index contributed by atoms with van der Waals surface area (Å²) in [6.45, 7) is 1.86. The highest BCUT2D eigenvalue weighted by Gasteiger charge is 2.64. The summed E-state index contributed by atoms with van der Waals surface area (Å²) in [5, 5.41) is 7.35. The first-order valence-electron chi connectivity index (χ1n) is 16.6. The van der Waals surface area contributed by atoms with Crippen LogP contribution < -0.4 is 5.73 Å². The van der Waals surface area contributed by atoms with Gasteiger partial charge in [-0.2, -0.15) is 32.1 Å². The molecule has 1 amide bonds. The van der Waals surface area contributed by atoms with E-state index in [1.54, 1.807) is 24.3 Å². The summed E-state index contributed by atoms with van der Waals surface area (Å²) in [4.78, 5) is 36.8. The number of carbonyl (C=O) groups excluding carboxylic acids is 2. The molecule has 2 N–H and O–H groups in total. The number of carbonyl (C=O) groups is 2. The van der Waals surface area contributed by atoms with E-state index in [1.807, 2.05) is 20.8 Å². The Hall–Kier alpha value is -5.36. The fourth-order valence-electron chi connectivity index (χ4n) is 6.62. The molecule has 2 aromatic carbocycles. The quantitative estimate of drug-likeness (QED) is 0.117. The molecule has 288 valence electrons. The zero-order valence-electron chi connectivity index (χ0n) is 29.0. The summed E-state index contributed by atoms with van der Waals surface area (Å²) in [5.74, 6) is -4.27. The Balaban J connectivity index is 1.40. The van der Waals surface area contributed by atoms with Gasteiger partial charge in [-0.15, -0.1) is 0 Å². The second kappa shape index (κ2) is 13.8. The molecule has 6 rings (SSSR count). The molecule has 2 aliphatic rings. The molecule has 4 aromatic rings. The Bertz CT molecular complexity index is 2070. The van der Waals surface area contributed by atoms with Crippen molar-refractivity contribution in [2.45, 2.75) is 77.2 Å². The Labute approximate surface area is 302 Å². The van der Waals surface area contributed by atoms with Crippen LogP contribution in [-0.4, -0.2) is 60.1 Å². The number of hydrogen-bond acceptors (Lipinski definition) is 8. The van der Waals surface area contributed by atoms with Crippen LogP contribution >= 0.6 is 0 Å². The second-order valence-corrected chi connectivity index (χ2v) is 14.5. The number of aromatic nitrogens is 5. The molecule has 0 saturated heterocycles. The third kappa shape index (κ3) is 7.26. The van der Waals surface area contributed by atoms with Gasteiger partial charge in [0.2, 0.25) is 0 Å². The van der Waals surface area contributed by atoms with Gasteiger partial charge in [-0.25, -0.2) is 32.5 Å². The minimum atomic E-state index is -4.66. The van der Waals surface area contributed by atoms with E-state index >= 15 is 4.39 Å². The summed E-state index contributed by atoms with van der Waals surface area (Å²) >= 11 is 0. The van der Waals surface area contributed by atoms with Crippen LogP contribution in [0.5, 0.6) is 0 Å². The average Bonchev–Trinajstić information content (AvgIpc) is 3.40. The van der Waals surface area contributed by atoms with Gasteiger partial charge >= 0.3 is 18.7 Å². The minimum Gasteiger partial charge on any atom is -0.463 e. The average molecular weight is 767 g/mol. The van der Waals surface area contributed by atoms with Crippen molar-refractivity contribution < 1.29 is 49.4 Å². The fourth-order valence-corrected chi connectivity index (χ4v) is 6.62. The van der Waals surface area contributed by atoms with Crippen molar-refractivity contribution >= 4 is 17.8 Å². The SMILES string of the molecule is CC(C)(C)C[C@]1(c2ccc(-c3cnn(C(F)F)c3)cc2)N=C(N)N([C@H](COC(=O)CC2(C(F)(F)F)CC2)c2ccc(F)c(-n3ncnc3C(F)F)c2)C1=O. The fraction of sp³-hybridized carbons (Fsp3) is 0.429. The number of halogens is 8. The van der Waals surface area contributed by atoms with E-state index in [2.05, 4.69) is 20.2 Å². The topological polar surface area (TPSA) is 134 Å². The number of aliphatic imine (C=N–C) groups is 1. The highest BCUT2D eigenvalue weighted by atomic mass is 19.4. The molecular weight excluding hydrogens is 732 g/mol. The number of esters is 1. The largest absolute Gasteiger partial charge is 0.463 e. The molecule has 11 nitrogen and oxygen atoms in total. The molecule has 0 bridgehead atoms. The molecule has 2 aromatic heterocycles. The monoisotopic (exact) mass is 766 g/mol. The lowest BCUT2D eigenvalue weighted by atomic mass is 9.75. The number of benzene rings is 2. The second-order valence-electron chi connectivity index (χ2n) is 14.5. The number of nitrogens with zero attached hydrogens (tertiary/aromatic N) is 7. The van der Waals surface area contributed by atoms with Crippen molar-refractivity contribution in [2.75, 3.05) is 6.61 Å². The zero-order valence-corrected chi connectivity index (χ0v) is 29.0. The van der Waals surface area contributed by atoms with Crippen LogP contribution in [0.4, 0.5) is 35.1 Å². The Morgan fingerprint density at radius 2 is 1.69 bits per heavy atom. The molecule has 0 spiro atoms. The number of ether oxygens (including phenoxy) is 1. The number of nitrogens with two attached hydrogens (primary N) is 1. The van der Waals surface area contributed by atoms with E-state index in [4.69, 9.17) is 10.5 Å². The normalized spacial score (nSPS) is 19.1. The number of alkyl halides is 7. The van der Waals surface area contributed by atoms with Crippen molar-refractivity contribution in [3.8, 4) is 16.8 Å². The molecule has 1 saturated carbocycles. The highest BCUT2D eigenvalue weighted by Crippen LogP contribution is 2.60. The van der Waals surface area contributed by atoms with Gasteiger partial charge in [0.1, 0.15) is 24.4 Å². The van der Waals surface area contributed by atoms with E-state index in [0.29, 0.717) is 26.1 Å². The van der Waals surface area contributed by atoms with Gasteiger partial charge in [-0.1, -0.05) is 51.1 Å². The molecule has 54 heavy (non-hydrogen) atoms. The van der Waals surface area contributed by atoms with Crippen LogP contribution in [0.15, 0.2) is 66.2 Å². The lowest BCUT2D eigenvalue weighted by molar-refractivity contribution is -0.195. The van der Waals surface area contributed by atoms with E-state index in [9.17, 15) is 40.3 Å². The van der Waals surface area contributed by atoms with Gasteiger partial charge in [0.15, 0.2) is 17.3 Å². The molecule has 1 aliphatic heterocycles. The summed E-state index contributed by atoms with van der Waals surface area (Å²) in [5.41, 5.74) is 2.55. The summed E-state index contributed by atoms with van der Waals surface area (Å²) < 4.78 is 116. The summed E-state index contributed by atoms with van der Waals surface area (Å²) in [6.07, 6.45) is -6.12. The molecule has 3 heterocycles. The Morgan fingerprint density at radius 3 is 2.26 bits per heavy atom. The highest BCUT2D eigenvalue weighted by molar-refractivity contribution is 6.07. The van der Waals surface area contributed by atoms with Crippen molar-refractivity contribution in [1.29, 1.82) is 0 Å². The number of hydrogen-bond donors (Lipinski definition) is 1. The van der Waals surface area contributed by atoms with Crippen LogP contribution in [0, 0.1) is 16.6 Å². The molecule has 1 fully saturated rings. The maximum atomic E-state index is 15.2. The van der Waals surface area contributed by atoms with E-state index in [-0.39, 0.29) is 30.8 Å². The number of rotatable bonds is 12. The van der Waals surface area contributed by atoms with Gasteiger partial charge in [0.05, 0.1) is 24.1 Å². The van der Waals surface area contributed by atoms with E-state index in [0.717, 1.165) is 29.6 Å². The van der Waals surface area contributed by atoms with Gasteiger partial charge < -0.3 is 10.5 Å². The maximum Gasteiger partial charge on any atom is 0.395 e. The van der Waals surface area contributed by atoms with Crippen LogP contribution in [0.3, 0.4) is 0 Å². The zero-order chi connectivity index (χ0) is 39.4. The molecule has 19 heteroatoms. The van der Waals surface area contributed by atoms with E-state index < -0.39 is 83.8 Å². The van der Waals surface area contributed by atoms with Crippen LogP contribution in [0.2, 0.25) is 0 Å². The molecule has 0 radical (unpaired) electrons. The third-order valence-corrected chi connectivity index (χ3v) is 9.41. The first kappa shape index (κ1) is 38.4. The molecule has 0 unspecified atom stereocenters.